The molecule has 1 aliphatic rings. The molecule has 8 nitrogen and oxygen atoms in total. The van der Waals surface area contributed by atoms with Gasteiger partial charge in [0.25, 0.3) is 10.0 Å². The fourth-order valence-electron chi connectivity index (χ4n) is 2.86. The lowest BCUT2D eigenvalue weighted by molar-refractivity contribution is 0.603. The van der Waals surface area contributed by atoms with Gasteiger partial charge in [0.15, 0.2) is 0 Å². The predicted molar refractivity (Wildman–Crippen MR) is 114 cm³/mol. The first-order valence-electron chi connectivity index (χ1n) is 8.52. The summed E-state index contributed by atoms with van der Waals surface area (Å²) in [6.45, 7) is 3.18. The van der Waals surface area contributed by atoms with Gasteiger partial charge in [0.1, 0.15) is 10.0 Å². The van der Waals surface area contributed by atoms with E-state index in [1.165, 1.54) is 12.4 Å². The van der Waals surface area contributed by atoms with E-state index in [2.05, 4.69) is 45.4 Å². The summed E-state index contributed by atoms with van der Waals surface area (Å²) in [6, 6.07) is 9.13. The topological polar surface area (TPSA) is 91.3 Å². The number of hydrogen-bond donors (Lipinski definition) is 1. The monoisotopic (exact) mass is 480 g/mol. The highest BCUT2D eigenvalue weighted by atomic mass is 79.9. The van der Waals surface area contributed by atoms with E-state index in [0.717, 1.165) is 47.1 Å². The van der Waals surface area contributed by atoms with E-state index in [4.69, 9.17) is 0 Å². The maximum atomic E-state index is 12.4. The fourth-order valence-corrected chi connectivity index (χ4v) is 5.90. The van der Waals surface area contributed by atoms with E-state index in [-0.39, 0.29) is 4.21 Å². The molecule has 28 heavy (non-hydrogen) atoms. The lowest BCUT2D eigenvalue weighted by atomic mass is 10.3. The minimum atomic E-state index is -3.64. The van der Waals surface area contributed by atoms with Crippen LogP contribution in [0.5, 0.6) is 0 Å². The molecular formula is C17H17BrN6O2S2. The van der Waals surface area contributed by atoms with Crippen LogP contribution in [0, 0.1) is 0 Å². The molecule has 0 aromatic carbocycles. The molecule has 4 rings (SSSR count). The number of halogens is 1. The van der Waals surface area contributed by atoms with E-state index in [1.807, 2.05) is 18.2 Å². The number of sulfonamides is 1. The van der Waals surface area contributed by atoms with Gasteiger partial charge in [-0.3, -0.25) is 4.72 Å². The number of thiophene rings is 1. The van der Waals surface area contributed by atoms with Crippen molar-refractivity contribution in [2.24, 2.45) is 0 Å². The molecule has 11 heteroatoms. The lowest BCUT2D eigenvalue weighted by Crippen LogP contribution is -2.47. The average Bonchev–Trinajstić information content (AvgIpc) is 3.17. The number of nitrogens with one attached hydrogen (secondary N) is 1. The number of anilines is 3. The van der Waals surface area contributed by atoms with E-state index in [1.54, 1.807) is 18.3 Å². The van der Waals surface area contributed by atoms with E-state index >= 15 is 0 Å². The first-order valence-corrected chi connectivity index (χ1v) is 11.6. The number of aromatic nitrogens is 3. The molecule has 0 atom stereocenters. The lowest BCUT2D eigenvalue weighted by Gasteiger charge is -2.35. The highest BCUT2D eigenvalue weighted by Gasteiger charge is 2.21. The number of rotatable bonds is 5. The van der Waals surface area contributed by atoms with Crippen LogP contribution in [0.4, 0.5) is 17.5 Å². The number of nitrogens with zero attached hydrogens (tertiary/aromatic N) is 5. The van der Waals surface area contributed by atoms with Crippen molar-refractivity contribution in [2.75, 3.05) is 40.7 Å². The predicted octanol–water partition coefficient (Wildman–Crippen LogP) is 2.82. The van der Waals surface area contributed by atoms with Gasteiger partial charge in [-0.15, -0.1) is 11.3 Å². The molecule has 3 aromatic rings. The van der Waals surface area contributed by atoms with Crippen LogP contribution in [0.25, 0.3) is 0 Å². The van der Waals surface area contributed by atoms with Crippen molar-refractivity contribution < 1.29 is 8.42 Å². The zero-order valence-corrected chi connectivity index (χ0v) is 17.9. The summed E-state index contributed by atoms with van der Waals surface area (Å²) >= 11 is 4.42. The first-order chi connectivity index (χ1) is 13.5. The van der Waals surface area contributed by atoms with Gasteiger partial charge in [0.05, 0.1) is 21.9 Å². The maximum Gasteiger partial charge on any atom is 0.271 e. The van der Waals surface area contributed by atoms with Crippen molar-refractivity contribution in [3.8, 4) is 0 Å². The van der Waals surface area contributed by atoms with E-state index in [9.17, 15) is 8.42 Å². The zero-order valence-electron chi connectivity index (χ0n) is 14.7. The molecule has 1 saturated heterocycles. The minimum absolute atomic E-state index is 0.231. The third-order valence-corrected chi connectivity index (χ3v) is 7.74. The van der Waals surface area contributed by atoms with Crippen molar-refractivity contribution in [3.05, 3.63) is 52.7 Å². The molecule has 0 amide bonds. The first kappa shape index (κ1) is 19.1. The van der Waals surface area contributed by atoms with Crippen LogP contribution in [0.15, 0.2) is 56.9 Å². The number of hydrogen-bond acceptors (Lipinski definition) is 8. The summed E-state index contributed by atoms with van der Waals surface area (Å²) < 4.78 is 28.2. The molecule has 4 heterocycles. The fraction of sp³-hybridized carbons (Fsp3) is 0.235. The minimum Gasteiger partial charge on any atom is -0.353 e. The Labute approximate surface area is 175 Å². The largest absolute Gasteiger partial charge is 0.353 e. The van der Waals surface area contributed by atoms with Crippen molar-refractivity contribution in [3.63, 3.8) is 0 Å². The van der Waals surface area contributed by atoms with Gasteiger partial charge in [0, 0.05) is 32.4 Å². The molecule has 1 fully saturated rings. The SMILES string of the molecule is O=S(=O)(Nc1cnc(N2CCN(c3ccccn3)CC2)nc1)c1ccc(Br)s1. The second-order valence-electron chi connectivity index (χ2n) is 6.10. The molecule has 0 saturated carbocycles. The van der Waals surface area contributed by atoms with Gasteiger partial charge in [-0.1, -0.05) is 6.07 Å². The Bertz CT molecular complexity index is 1040. The molecule has 0 unspecified atom stereocenters. The number of piperazine rings is 1. The molecule has 0 aliphatic carbocycles. The Hall–Kier alpha value is -2.24. The third kappa shape index (κ3) is 4.26. The van der Waals surface area contributed by atoms with Crippen LogP contribution in [0.3, 0.4) is 0 Å². The molecule has 0 radical (unpaired) electrons. The summed E-state index contributed by atoms with van der Waals surface area (Å²) in [4.78, 5) is 17.3. The molecule has 3 aromatic heterocycles. The van der Waals surface area contributed by atoms with Gasteiger partial charge in [-0.2, -0.15) is 0 Å². The number of pyridine rings is 1. The Kier molecular flexibility index (Phi) is 5.47. The van der Waals surface area contributed by atoms with Crippen molar-refractivity contribution >= 4 is 54.7 Å². The molecule has 1 aliphatic heterocycles. The Morgan fingerprint density at radius 3 is 2.29 bits per heavy atom. The van der Waals surface area contributed by atoms with Crippen LogP contribution >= 0.6 is 27.3 Å². The smallest absolute Gasteiger partial charge is 0.271 e. The van der Waals surface area contributed by atoms with Crippen molar-refractivity contribution in [1.82, 2.24) is 15.0 Å². The highest BCUT2D eigenvalue weighted by molar-refractivity contribution is 9.11. The maximum absolute atomic E-state index is 12.4. The normalized spacial score (nSPS) is 14.9. The molecule has 0 bridgehead atoms. The Morgan fingerprint density at radius 1 is 0.964 bits per heavy atom. The van der Waals surface area contributed by atoms with Crippen LogP contribution in [-0.2, 0) is 10.0 Å². The third-order valence-electron chi connectivity index (χ3n) is 4.24. The van der Waals surface area contributed by atoms with Gasteiger partial charge >= 0.3 is 0 Å². The van der Waals surface area contributed by atoms with E-state index in [0.29, 0.717) is 11.6 Å². The Morgan fingerprint density at radius 2 is 1.68 bits per heavy atom. The second-order valence-corrected chi connectivity index (χ2v) is 10.5. The molecular weight excluding hydrogens is 464 g/mol. The molecule has 0 spiro atoms. The summed E-state index contributed by atoms with van der Waals surface area (Å²) in [7, 11) is -3.64. The highest BCUT2D eigenvalue weighted by Crippen LogP contribution is 2.27. The quantitative estimate of drug-likeness (QED) is 0.599. The summed E-state index contributed by atoms with van der Waals surface area (Å²) in [5.41, 5.74) is 0.334. The standard InChI is InChI=1S/C17H17BrN6O2S2/c18-14-4-5-16(27-14)28(25,26)22-13-11-20-17(21-12-13)24-9-7-23(8-10-24)15-3-1-2-6-19-15/h1-6,11-12,22H,7-10H2. The zero-order chi connectivity index (χ0) is 19.6. The van der Waals surface area contributed by atoms with E-state index < -0.39 is 10.0 Å². The molecule has 146 valence electrons. The summed E-state index contributed by atoms with van der Waals surface area (Å²) in [5, 5.41) is 0. The van der Waals surface area contributed by atoms with Crippen LogP contribution < -0.4 is 14.5 Å². The van der Waals surface area contributed by atoms with Gasteiger partial charge < -0.3 is 9.80 Å². The van der Waals surface area contributed by atoms with Crippen LogP contribution in [0.2, 0.25) is 0 Å². The van der Waals surface area contributed by atoms with Crippen LogP contribution in [-0.4, -0.2) is 49.5 Å². The Balaban J connectivity index is 1.39. The van der Waals surface area contributed by atoms with Crippen LogP contribution in [0.1, 0.15) is 0 Å². The van der Waals surface area contributed by atoms with Crippen molar-refractivity contribution in [2.45, 2.75) is 4.21 Å². The van der Waals surface area contributed by atoms with Gasteiger partial charge in [0.2, 0.25) is 5.95 Å². The van der Waals surface area contributed by atoms with Crippen molar-refractivity contribution in [1.29, 1.82) is 0 Å². The molecule has 1 N–H and O–H groups in total. The summed E-state index contributed by atoms with van der Waals surface area (Å²) in [5.74, 6) is 1.55. The van der Waals surface area contributed by atoms with Gasteiger partial charge in [-0.25, -0.2) is 23.4 Å². The van der Waals surface area contributed by atoms with Gasteiger partial charge in [-0.05, 0) is 40.2 Å². The second kappa shape index (κ2) is 8.02. The summed E-state index contributed by atoms with van der Waals surface area (Å²) in [6.07, 6.45) is 4.78. The average molecular weight is 481 g/mol.